The van der Waals surface area contributed by atoms with E-state index in [0.29, 0.717) is 10.0 Å². The van der Waals surface area contributed by atoms with Gasteiger partial charge in [0.05, 0.1) is 11.5 Å². The quantitative estimate of drug-likeness (QED) is 0.857. The van der Waals surface area contributed by atoms with Crippen molar-refractivity contribution in [3.63, 3.8) is 0 Å². The molecule has 0 unspecified atom stereocenters. The Hall–Kier alpha value is -0.0800. The van der Waals surface area contributed by atoms with Crippen molar-refractivity contribution in [2.24, 2.45) is 0 Å². The first-order valence-electron chi connectivity index (χ1n) is 6.02. The van der Waals surface area contributed by atoms with Gasteiger partial charge in [-0.25, -0.2) is 13.1 Å². The van der Waals surface area contributed by atoms with E-state index in [1.54, 1.807) is 12.1 Å². The van der Waals surface area contributed by atoms with E-state index in [1.165, 1.54) is 6.07 Å². The third kappa shape index (κ3) is 3.95. The van der Waals surface area contributed by atoms with Gasteiger partial charge < -0.3 is 5.11 Å². The van der Waals surface area contributed by atoms with Crippen LogP contribution in [-0.2, 0) is 16.6 Å². The third-order valence-corrected chi connectivity index (χ3v) is 6.56. The van der Waals surface area contributed by atoms with Crippen LogP contribution in [0.5, 0.6) is 0 Å². The lowest BCUT2D eigenvalue weighted by Crippen LogP contribution is -2.37. The van der Waals surface area contributed by atoms with Gasteiger partial charge in [-0.15, -0.1) is 0 Å². The number of rotatable bonds is 4. The Morgan fingerprint density at radius 3 is 2.63 bits per heavy atom. The molecule has 4 nitrogen and oxygen atoms in total. The van der Waals surface area contributed by atoms with Crippen LogP contribution in [0, 0.1) is 0 Å². The van der Waals surface area contributed by atoms with Crippen LogP contribution in [-0.4, -0.2) is 31.1 Å². The van der Waals surface area contributed by atoms with Crippen LogP contribution in [0.3, 0.4) is 0 Å². The molecule has 0 atom stereocenters. The van der Waals surface area contributed by atoms with Crippen LogP contribution < -0.4 is 4.72 Å². The molecule has 2 rings (SSSR count). The maximum atomic E-state index is 12.3. The first kappa shape index (κ1) is 15.3. The Balaban J connectivity index is 2.18. The standard InChI is InChI=1S/C12H16BrNO3S2/c13-11-7-9(8-15)1-2-12(11)19(16,17)14-10-3-5-18-6-4-10/h1-2,7,10,14-15H,3-6,8H2. The molecule has 0 radical (unpaired) electrons. The van der Waals surface area contributed by atoms with Gasteiger partial charge in [-0.05, 0) is 58.0 Å². The number of aliphatic hydroxyl groups is 1. The maximum Gasteiger partial charge on any atom is 0.241 e. The molecular formula is C12H16BrNO3S2. The van der Waals surface area contributed by atoms with E-state index < -0.39 is 10.0 Å². The molecule has 2 N–H and O–H groups in total. The molecule has 0 aromatic heterocycles. The maximum absolute atomic E-state index is 12.3. The van der Waals surface area contributed by atoms with Gasteiger partial charge in [0, 0.05) is 10.5 Å². The van der Waals surface area contributed by atoms with Crippen LogP contribution >= 0.6 is 27.7 Å². The Morgan fingerprint density at radius 1 is 1.37 bits per heavy atom. The van der Waals surface area contributed by atoms with Crippen molar-refractivity contribution < 1.29 is 13.5 Å². The molecule has 19 heavy (non-hydrogen) atoms. The molecule has 106 valence electrons. The number of nitrogens with one attached hydrogen (secondary N) is 1. The molecule has 1 heterocycles. The number of benzene rings is 1. The molecule has 1 aromatic rings. The second kappa shape index (κ2) is 6.58. The number of halogens is 1. The number of hydrogen-bond donors (Lipinski definition) is 2. The van der Waals surface area contributed by atoms with Gasteiger partial charge in [0.25, 0.3) is 0 Å². The van der Waals surface area contributed by atoms with Crippen molar-refractivity contribution >= 4 is 37.7 Å². The van der Waals surface area contributed by atoms with Crippen LogP contribution in [0.4, 0.5) is 0 Å². The molecule has 0 saturated carbocycles. The highest BCUT2D eigenvalue weighted by atomic mass is 79.9. The van der Waals surface area contributed by atoms with E-state index in [2.05, 4.69) is 20.7 Å². The van der Waals surface area contributed by atoms with Gasteiger partial charge in [-0.3, -0.25) is 0 Å². The van der Waals surface area contributed by atoms with Gasteiger partial charge in [-0.2, -0.15) is 11.8 Å². The summed E-state index contributed by atoms with van der Waals surface area (Å²) in [6.07, 6.45) is 1.74. The Bertz CT molecular complexity index is 542. The first-order valence-corrected chi connectivity index (χ1v) is 9.45. The molecule has 0 amide bonds. The van der Waals surface area contributed by atoms with Crippen molar-refractivity contribution in [1.82, 2.24) is 4.72 Å². The van der Waals surface area contributed by atoms with Gasteiger partial charge in [0.1, 0.15) is 0 Å². The molecular weight excluding hydrogens is 350 g/mol. The Labute approximate surface area is 126 Å². The highest BCUT2D eigenvalue weighted by molar-refractivity contribution is 9.10. The molecule has 1 fully saturated rings. The van der Waals surface area contributed by atoms with Crippen molar-refractivity contribution in [3.8, 4) is 0 Å². The van der Waals surface area contributed by atoms with Crippen molar-refractivity contribution in [2.75, 3.05) is 11.5 Å². The van der Waals surface area contributed by atoms with E-state index in [0.717, 1.165) is 24.3 Å². The van der Waals surface area contributed by atoms with E-state index >= 15 is 0 Å². The predicted molar refractivity (Wildman–Crippen MR) is 80.7 cm³/mol. The summed E-state index contributed by atoms with van der Waals surface area (Å²) in [6.45, 7) is -0.105. The second-order valence-corrected chi connectivity index (χ2v) is 8.19. The smallest absolute Gasteiger partial charge is 0.241 e. The zero-order chi connectivity index (χ0) is 13.9. The minimum Gasteiger partial charge on any atom is -0.392 e. The summed E-state index contributed by atoms with van der Waals surface area (Å²) in [4.78, 5) is 0.225. The summed E-state index contributed by atoms with van der Waals surface area (Å²) >= 11 is 5.11. The van der Waals surface area contributed by atoms with Crippen molar-refractivity contribution in [2.45, 2.75) is 30.4 Å². The molecule has 0 aliphatic carbocycles. The first-order chi connectivity index (χ1) is 9.03. The topological polar surface area (TPSA) is 66.4 Å². The molecule has 1 saturated heterocycles. The minimum absolute atomic E-state index is 0.0238. The van der Waals surface area contributed by atoms with Crippen LogP contribution in [0.25, 0.3) is 0 Å². The third-order valence-electron chi connectivity index (χ3n) is 3.01. The highest BCUT2D eigenvalue weighted by Gasteiger charge is 2.23. The van der Waals surface area contributed by atoms with E-state index in [-0.39, 0.29) is 17.5 Å². The van der Waals surface area contributed by atoms with Gasteiger partial charge in [0.15, 0.2) is 0 Å². The molecule has 0 bridgehead atoms. The molecule has 0 spiro atoms. The van der Waals surface area contributed by atoms with Crippen molar-refractivity contribution in [1.29, 1.82) is 0 Å². The number of thioether (sulfide) groups is 1. The largest absolute Gasteiger partial charge is 0.392 e. The average molecular weight is 366 g/mol. The summed E-state index contributed by atoms with van der Waals surface area (Å²) in [7, 11) is -3.50. The Kier molecular flexibility index (Phi) is 5.30. The SMILES string of the molecule is O=S(=O)(NC1CCSCC1)c1ccc(CO)cc1Br. The summed E-state index contributed by atoms with van der Waals surface area (Å²) in [5, 5.41) is 9.03. The summed E-state index contributed by atoms with van der Waals surface area (Å²) in [6, 6.07) is 4.80. The van der Waals surface area contributed by atoms with Crippen molar-refractivity contribution in [3.05, 3.63) is 28.2 Å². The monoisotopic (exact) mass is 365 g/mol. The zero-order valence-corrected chi connectivity index (χ0v) is 13.5. The van der Waals surface area contributed by atoms with Gasteiger partial charge in [-0.1, -0.05) is 6.07 Å². The minimum atomic E-state index is -3.50. The van der Waals surface area contributed by atoms with E-state index in [9.17, 15) is 8.42 Å². The molecule has 1 aromatic carbocycles. The summed E-state index contributed by atoms with van der Waals surface area (Å²) in [5.41, 5.74) is 0.680. The fourth-order valence-electron chi connectivity index (χ4n) is 1.96. The summed E-state index contributed by atoms with van der Waals surface area (Å²) < 4.78 is 27.9. The number of hydrogen-bond acceptors (Lipinski definition) is 4. The molecule has 1 aliphatic rings. The second-order valence-electron chi connectivity index (χ2n) is 4.43. The fraction of sp³-hybridized carbons (Fsp3) is 0.500. The van der Waals surface area contributed by atoms with E-state index in [4.69, 9.17) is 5.11 Å². The predicted octanol–water partition coefficient (Wildman–Crippen LogP) is 2.12. The number of sulfonamides is 1. The molecule has 1 aliphatic heterocycles. The van der Waals surface area contributed by atoms with Crippen LogP contribution in [0.15, 0.2) is 27.6 Å². The van der Waals surface area contributed by atoms with Crippen LogP contribution in [0.1, 0.15) is 18.4 Å². The van der Waals surface area contributed by atoms with Gasteiger partial charge >= 0.3 is 0 Å². The highest BCUT2D eigenvalue weighted by Crippen LogP contribution is 2.25. The van der Waals surface area contributed by atoms with Gasteiger partial charge in [0.2, 0.25) is 10.0 Å². The fourth-order valence-corrected chi connectivity index (χ4v) is 5.50. The Morgan fingerprint density at radius 2 is 2.05 bits per heavy atom. The molecule has 7 heteroatoms. The summed E-state index contributed by atoms with van der Waals surface area (Å²) in [5.74, 6) is 2.00. The lowest BCUT2D eigenvalue weighted by atomic mass is 10.2. The van der Waals surface area contributed by atoms with E-state index in [1.807, 2.05) is 11.8 Å². The lowest BCUT2D eigenvalue weighted by Gasteiger charge is -2.22. The average Bonchev–Trinajstić information content (AvgIpc) is 2.38. The lowest BCUT2D eigenvalue weighted by molar-refractivity contribution is 0.281. The number of aliphatic hydroxyl groups excluding tert-OH is 1. The normalized spacial score (nSPS) is 17.6. The zero-order valence-electron chi connectivity index (χ0n) is 10.3. The van der Waals surface area contributed by atoms with Crippen LogP contribution in [0.2, 0.25) is 0 Å².